The van der Waals surface area contributed by atoms with Crippen molar-refractivity contribution in [3.05, 3.63) is 35.9 Å². The van der Waals surface area contributed by atoms with Crippen LogP contribution in [0.4, 0.5) is 0 Å². The van der Waals surface area contributed by atoms with Crippen LogP contribution in [0, 0.1) is 29.1 Å². The molecule has 0 N–H and O–H groups in total. The van der Waals surface area contributed by atoms with Gasteiger partial charge < -0.3 is 9.47 Å². The third kappa shape index (κ3) is 2.16. The van der Waals surface area contributed by atoms with Crippen LogP contribution in [-0.2, 0) is 9.59 Å². The summed E-state index contributed by atoms with van der Waals surface area (Å²) in [4.78, 5) is 25.8. The van der Waals surface area contributed by atoms with E-state index in [1.165, 1.54) is 6.21 Å². The number of imide groups is 1. The van der Waals surface area contributed by atoms with Crippen LogP contribution >= 0.6 is 0 Å². The molecule has 27 heavy (non-hydrogen) atoms. The summed E-state index contributed by atoms with van der Waals surface area (Å²) in [6, 6.07) is 5.41. The molecule has 2 saturated carbocycles. The van der Waals surface area contributed by atoms with Crippen LogP contribution < -0.4 is 9.47 Å². The van der Waals surface area contributed by atoms with Crippen LogP contribution in [0.15, 0.2) is 35.5 Å². The molecule has 0 aromatic heterocycles. The summed E-state index contributed by atoms with van der Waals surface area (Å²) < 4.78 is 10.8. The zero-order valence-electron chi connectivity index (χ0n) is 15.4. The highest BCUT2D eigenvalue weighted by Crippen LogP contribution is 2.73. The lowest BCUT2D eigenvalue weighted by Crippen LogP contribution is -2.30. The molecule has 1 saturated heterocycles. The first kappa shape index (κ1) is 16.5. The number of fused-ring (bicyclic) bond motifs is 3. The Labute approximate surface area is 157 Å². The summed E-state index contributed by atoms with van der Waals surface area (Å²) in [7, 11) is 1.57. The van der Waals surface area contributed by atoms with Crippen molar-refractivity contribution in [2.24, 2.45) is 34.2 Å². The lowest BCUT2D eigenvalue weighted by molar-refractivity contribution is -0.141. The molecule has 1 spiro atoms. The summed E-state index contributed by atoms with van der Waals surface area (Å²) in [5.74, 6) is 0.935. The first-order valence-electron chi connectivity index (χ1n) is 9.51. The van der Waals surface area contributed by atoms with E-state index in [0.29, 0.717) is 18.1 Å². The van der Waals surface area contributed by atoms with Crippen molar-refractivity contribution in [3.8, 4) is 11.5 Å². The molecule has 6 nitrogen and oxygen atoms in total. The molecular weight excluding hydrogens is 344 g/mol. The smallest absolute Gasteiger partial charge is 0.254 e. The van der Waals surface area contributed by atoms with E-state index in [1.807, 2.05) is 13.0 Å². The van der Waals surface area contributed by atoms with Crippen molar-refractivity contribution >= 4 is 18.0 Å². The van der Waals surface area contributed by atoms with Gasteiger partial charge in [-0.1, -0.05) is 12.2 Å². The Morgan fingerprint density at radius 3 is 2.37 bits per heavy atom. The Balaban J connectivity index is 1.38. The van der Waals surface area contributed by atoms with Gasteiger partial charge in [0.25, 0.3) is 11.8 Å². The maximum Gasteiger partial charge on any atom is 0.254 e. The lowest BCUT2D eigenvalue weighted by atomic mass is 9.85. The second kappa shape index (κ2) is 5.68. The Kier molecular flexibility index (Phi) is 3.48. The third-order valence-electron chi connectivity index (χ3n) is 6.64. The van der Waals surface area contributed by atoms with Crippen LogP contribution in [0.25, 0.3) is 0 Å². The Morgan fingerprint density at radius 2 is 1.81 bits per heavy atom. The predicted molar refractivity (Wildman–Crippen MR) is 98.4 cm³/mol. The maximum atomic E-state index is 12.9. The third-order valence-corrected chi connectivity index (χ3v) is 6.64. The highest BCUT2D eigenvalue weighted by molar-refractivity contribution is 6.07. The molecule has 1 aromatic carbocycles. The number of nitrogens with zero attached hydrogens (tertiary/aromatic N) is 2. The fourth-order valence-electron chi connectivity index (χ4n) is 5.34. The van der Waals surface area contributed by atoms with E-state index in [0.717, 1.165) is 23.4 Å². The number of benzene rings is 1. The highest BCUT2D eigenvalue weighted by atomic mass is 16.5. The van der Waals surface area contributed by atoms with Gasteiger partial charge in [-0.3, -0.25) is 9.59 Å². The van der Waals surface area contributed by atoms with Gasteiger partial charge in [-0.25, -0.2) is 0 Å². The molecule has 1 aromatic rings. The molecule has 5 rings (SSSR count). The van der Waals surface area contributed by atoms with Crippen LogP contribution in [0.1, 0.15) is 25.3 Å². The molecule has 4 aliphatic rings. The minimum Gasteiger partial charge on any atom is -0.493 e. The number of hydrogen-bond donors (Lipinski definition) is 0. The van der Waals surface area contributed by atoms with Crippen molar-refractivity contribution < 1.29 is 19.1 Å². The highest BCUT2D eigenvalue weighted by Gasteiger charge is 2.73. The van der Waals surface area contributed by atoms with E-state index in [2.05, 4.69) is 17.3 Å². The zero-order chi connectivity index (χ0) is 18.8. The normalized spacial score (nSPS) is 32.0. The van der Waals surface area contributed by atoms with Crippen LogP contribution in [0.5, 0.6) is 11.5 Å². The monoisotopic (exact) mass is 366 g/mol. The molecule has 3 fully saturated rings. The Hall–Kier alpha value is -2.63. The molecule has 140 valence electrons. The first-order valence-corrected chi connectivity index (χ1v) is 9.51. The average molecular weight is 366 g/mol. The topological polar surface area (TPSA) is 68.2 Å². The summed E-state index contributed by atoms with van der Waals surface area (Å²) in [5, 5.41) is 5.32. The molecule has 0 unspecified atom stereocenters. The van der Waals surface area contributed by atoms with Crippen LogP contribution in [0.2, 0.25) is 0 Å². The van der Waals surface area contributed by atoms with Gasteiger partial charge in [0, 0.05) is 0 Å². The number of amides is 2. The van der Waals surface area contributed by atoms with E-state index in [1.54, 1.807) is 19.2 Å². The van der Waals surface area contributed by atoms with Crippen LogP contribution in [-0.4, -0.2) is 36.8 Å². The average Bonchev–Trinajstić information content (AvgIpc) is 3.28. The Morgan fingerprint density at radius 1 is 1.15 bits per heavy atom. The van der Waals surface area contributed by atoms with Gasteiger partial charge in [-0.2, -0.15) is 10.1 Å². The number of rotatable bonds is 5. The summed E-state index contributed by atoms with van der Waals surface area (Å²) >= 11 is 0. The molecule has 0 radical (unpaired) electrons. The van der Waals surface area contributed by atoms with Gasteiger partial charge in [0.1, 0.15) is 0 Å². The first-order chi connectivity index (χ1) is 13.1. The van der Waals surface area contributed by atoms with Crippen molar-refractivity contribution in [1.82, 2.24) is 5.01 Å². The van der Waals surface area contributed by atoms with Gasteiger partial charge in [0.05, 0.1) is 31.8 Å². The SMILES string of the molecule is CCOc1ccc(/C=N\N2C(=O)[C@H]3[C@H](C2=O)[C@H]2C=C[C@H]3C23CC3)cc1OC. The molecule has 1 heterocycles. The summed E-state index contributed by atoms with van der Waals surface area (Å²) in [5.41, 5.74) is 0.951. The van der Waals surface area contributed by atoms with E-state index < -0.39 is 0 Å². The second-order valence-electron chi connectivity index (χ2n) is 7.80. The van der Waals surface area contributed by atoms with Crippen molar-refractivity contribution in [2.45, 2.75) is 19.8 Å². The largest absolute Gasteiger partial charge is 0.493 e. The van der Waals surface area contributed by atoms with Crippen molar-refractivity contribution in [1.29, 1.82) is 0 Å². The van der Waals surface area contributed by atoms with Gasteiger partial charge in [-0.05, 0) is 60.8 Å². The Bertz CT molecular complexity index is 852. The predicted octanol–water partition coefficient (Wildman–Crippen LogP) is 2.63. The minimum absolute atomic E-state index is 0.151. The van der Waals surface area contributed by atoms with Gasteiger partial charge in [-0.15, -0.1) is 0 Å². The molecule has 6 heteroatoms. The van der Waals surface area contributed by atoms with E-state index in [-0.39, 0.29) is 40.9 Å². The van der Waals surface area contributed by atoms with Gasteiger partial charge in [0.15, 0.2) is 11.5 Å². The van der Waals surface area contributed by atoms with Crippen molar-refractivity contribution in [2.75, 3.05) is 13.7 Å². The number of allylic oxidation sites excluding steroid dienone is 2. The molecule has 4 atom stereocenters. The number of ether oxygens (including phenoxy) is 2. The standard InChI is InChI=1S/C21H22N2O4/c1-3-27-15-7-4-12(10-16(15)26-2)11-22-23-19(24)17-13-5-6-14(18(17)20(23)25)21(13)8-9-21/h4-7,10-11,13-14,17-18H,3,8-9H2,1-2H3/b22-11-/t13-,14-,17-,18-/m1/s1. The summed E-state index contributed by atoms with van der Waals surface area (Å²) in [6.07, 6.45) is 8.14. The fraction of sp³-hybridized carbons (Fsp3) is 0.476. The van der Waals surface area contributed by atoms with E-state index in [9.17, 15) is 9.59 Å². The van der Waals surface area contributed by atoms with Gasteiger partial charge in [0.2, 0.25) is 0 Å². The number of hydrazone groups is 1. The molecule has 2 amide bonds. The van der Waals surface area contributed by atoms with E-state index >= 15 is 0 Å². The van der Waals surface area contributed by atoms with Crippen molar-refractivity contribution in [3.63, 3.8) is 0 Å². The van der Waals surface area contributed by atoms with Crippen LogP contribution in [0.3, 0.4) is 0 Å². The second-order valence-corrected chi connectivity index (χ2v) is 7.80. The number of carbonyl (C=O) groups is 2. The van der Waals surface area contributed by atoms with Gasteiger partial charge >= 0.3 is 0 Å². The minimum atomic E-state index is -0.220. The molecular formula is C21H22N2O4. The van der Waals surface area contributed by atoms with E-state index in [4.69, 9.17) is 9.47 Å². The molecule has 3 aliphatic carbocycles. The summed E-state index contributed by atoms with van der Waals surface area (Å²) in [6.45, 7) is 2.45. The lowest BCUT2D eigenvalue weighted by Gasteiger charge is -2.18. The fourth-order valence-corrected chi connectivity index (χ4v) is 5.34. The number of methoxy groups -OCH3 is 1. The zero-order valence-corrected chi connectivity index (χ0v) is 15.4. The molecule has 1 aliphatic heterocycles. The maximum absolute atomic E-state index is 12.9. The number of hydrogen-bond acceptors (Lipinski definition) is 5. The number of carbonyl (C=O) groups excluding carboxylic acids is 2. The molecule has 2 bridgehead atoms. The quantitative estimate of drug-likeness (QED) is 0.456.